The molecule has 0 amide bonds. The Kier molecular flexibility index (Phi) is 5.60. The van der Waals surface area contributed by atoms with E-state index in [1.54, 1.807) is 0 Å². The van der Waals surface area contributed by atoms with Crippen molar-refractivity contribution in [3.8, 4) is 0 Å². The summed E-state index contributed by atoms with van der Waals surface area (Å²) in [5.41, 5.74) is 6.69. The minimum atomic E-state index is -0.399. The standard InChI is InChI=1S/C16H19N5O4/c17-16-19-14-13(15(22)20-16)18-10-21(14)25-8-4-7-23-11-24-9-12-5-2-1-3-6-12/h1-3,5-6,10H,4,7-9,11H2,(H3,17,19,20,22). The second-order valence-electron chi connectivity index (χ2n) is 5.24. The van der Waals surface area contributed by atoms with Crippen molar-refractivity contribution >= 4 is 17.1 Å². The third-order valence-corrected chi connectivity index (χ3v) is 3.34. The van der Waals surface area contributed by atoms with Gasteiger partial charge in [-0.2, -0.15) is 9.71 Å². The van der Waals surface area contributed by atoms with Crippen LogP contribution in [0.25, 0.3) is 11.2 Å². The van der Waals surface area contributed by atoms with E-state index in [0.29, 0.717) is 26.2 Å². The van der Waals surface area contributed by atoms with Gasteiger partial charge < -0.3 is 20.0 Å². The number of nitrogens with one attached hydrogen (secondary N) is 1. The first-order chi connectivity index (χ1) is 12.2. The van der Waals surface area contributed by atoms with Crippen LogP contribution in [-0.2, 0) is 16.1 Å². The first kappa shape index (κ1) is 16.9. The molecule has 0 aliphatic heterocycles. The number of rotatable bonds is 9. The Bertz CT molecular complexity index is 862. The first-order valence-electron chi connectivity index (χ1n) is 7.79. The molecule has 9 heteroatoms. The van der Waals surface area contributed by atoms with Gasteiger partial charge in [-0.1, -0.05) is 30.3 Å². The number of nitrogens with zero attached hydrogens (tertiary/aromatic N) is 3. The molecule has 2 aromatic heterocycles. The summed E-state index contributed by atoms with van der Waals surface area (Å²) in [6, 6.07) is 9.88. The average molecular weight is 345 g/mol. The number of nitrogens with two attached hydrogens (primary N) is 1. The molecular formula is C16H19N5O4. The number of hydrogen-bond donors (Lipinski definition) is 2. The Hall–Kier alpha value is -2.91. The molecular weight excluding hydrogens is 326 g/mol. The van der Waals surface area contributed by atoms with Gasteiger partial charge in [-0.25, -0.2) is 4.98 Å². The van der Waals surface area contributed by atoms with Gasteiger partial charge in [0.25, 0.3) is 5.56 Å². The topological polar surface area (TPSA) is 117 Å². The quantitative estimate of drug-likeness (QED) is 0.433. The van der Waals surface area contributed by atoms with E-state index < -0.39 is 5.56 Å². The molecule has 2 heterocycles. The van der Waals surface area contributed by atoms with E-state index in [2.05, 4.69) is 15.0 Å². The number of anilines is 1. The van der Waals surface area contributed by atoms with Crippen LogP contribution in [0.15, 0.2) is 41.5 Å². The van der Waals surface area contributed by atoms with Crippen molar-refractivity contribution in [1.82, 2.24) is 19.7 Å². The molecule has 0 spiro atoms. The minimum Gasteiger partial charge on any atom is -0.411 e. The van der Waals surface area contributed by atoms with Gasteiger partial charge in [0.05, 0.1) is 13.2 Å². The van der Waals surface area contributed by atoms with Crippen LogP contribution >= 0.6 is 0 Å². The zero-order valence-electron chi connectivity index (χ0n) is 13.6. The maximum absolute atomic E-state index is 11.7. The van der Waals surface area contributed by atoms with E-state index >= 15 is 0 Å². The minimum absolute atomic E-state index is 0.0155. The van der Waals surface area contributed by atoms with Crippen LogP contribution in [-0.4, -0.2) is 39.7 Å². The summed E-state index contributed by atoms with van der Waals surface area (Å²) in [5, 5.41) is 0. The monoisotopic (exact) mass is 345 g/mol. The Morgan fingerprint density at radius 1 is 1.16 bits per heavy atom. The van der Waals surface area contributed by atoms with Crippen molar-refractivity contribution in [3.63, 3.8) is 0 Å². The smallest absolute Gasteiger partial charge is 0.280 e. The average Bonchev–Trinajstić information content (AvgIpc) is 3.01. The molecule has 0 bridgehead atoms. The molecule has 0 saturated carbocycles. The number of aromatic nitrogens is 4. The summed E-state index contributed by atoms with van der Waals surface area (Å²) in [4.78, 5) is 27.5. The molecule has 0 saturated heterocycles. The predicted molar refractivity (Wildman–Crippen MR) is 90.7 cm³/mol. The van der Waals surface area contributed by atoms with Crippen LogP contribution in [0.3, 0.4) is 0 Å². The van der Waals surface area contributed by atoms with Crippen molar-refractivity contribution in [3.05, 3.63) is 52.6 Å². The molecule has 0 aliphatic carbocycles. The van der Waals surface area contributed by atoms with Gasteiger partial charge in [0, 0.05) is 6.42 Å². The second-order valence-corrected chi connectivity index (χ2v) is 5.24. The van der Waals surface area contributed by atoms with Crippen molar-refractivity contribution in [2.45, 2.75) is 13.0 Å². The Labute approximate surface area is 143 Å². The fourth-order valence-corrected chi connectivity index (χ4v) is 2.18. The summed E-state index contributed by atoms with van der Waals surface area (Å²) in [6.45, 7) is 1.59. The van der Waals surface area contributed by atoms with Gasteiger partial charge >= 0.3 is 0 Å². The summed E-state index contributed by atoms with van der Waals surface area (Å²) in [6.07, 6.45) is 2.03. The maximum Gasteiger partial charge on any atom is 0.280 e. The summed E-state index contributed by atoms with van der Waals surface area (Å²) in [7, 11) is 0. The highest BCUT2D eigenvalue weighted by atomic mass is 16.7. The maximum atomic E-state index is 11.7. The largest absolute Gasteiger partial charge is 0.411 e. The van der Waals surface area contributed by atoms with Gasteiger partial charge in [0.1, 0.15) is 19.7 Å². The second kappa shape index (κ2) is 8.27. The highest BCUT2D eigenvalue weighted by molar-refractivity contribution is 5.69. The molecule has 25 heavy (non-hydrogen) atoms. The lowest BCUT2D eigenvalue weighted by Gasteiger charge is -2.08. The number of benzene rings is 1. The number of hydrogen-bond acceptors (Lipinski definition) is 7. The fourth-order valence-electron chi connectivity index (χ4n) is 2.18. The van der Waals surface area contributed by atoms with E-state index in [-0.39, 0.29) is 23.9 Å². The highest BCUT2D eigenvalue weighted by Gasteiger charge is 2.09. The van der Waals surface area contributed by atoms with Gasteiger partial charge in [-0.05, 0) is 5.56 Å². The fraction of sp³-hybridized carbons (Fsp3) is 0.312. The summed E-state index contributed by atoms with van der Waals surface area (Å²) < 4.78 is 12.1. The lowest BCUT2D eigenvalue weighted by atomic mass is 10.2. The zero-order chi connectivity index (χ0) is 17.5. The normalized spacial score (nSPS) is 11.0. The molecule has 0 fully saturated rings. The predicted octanol–water partition coefficient (Wildman–Crippen LogP) is 0.711. The van der Waals surface area contributed by atoms with Crippen LogP contribution in [0.2, 0.25) is 0 Å². The van der Waals surface area contributed by atoms with Crippen molar-refractivity contribution in [2.24, 2.45) is 0 Å². The van der Waals surface area contributed by atoms with Crippen molar-refractivity contribution < 1.29 is 14.3 Å². The molecule has 0 aliphatic rings. The SMILES string of the molecule is Nc1nc2c(ncn2OCCCOCOCc2ccccc2)c(=O)[nH]1. The Morgan fingerprint density at radius 3 is 2.84 bits per heavy atom. The van der Waals surface area contributed by atoms with E-state index in [9.17, 15) is 4.79 Å². The molecule has 3 aromatic rings. The van der Waals surface area contributed by atoms with Crippen LogP contribution in [0.4, 0.5) is 5.95 Å². The molecule has 0 unspecified atom stereocenters. The van der Waals surface area contributed by atoms with E-state index in [1.807, 2.05) is 30.3 Å². The van der Waals surface area contributed by atoms with Crippen molar-refractivity contribution in [2.75, 3.05) is 25.7 Å². The number of ether oxygens (including phenoxy) is 2. The third-order valence-electron chi connectivity index (χ3n) is 3.34. The van der Waals surface area contributed by atoms with Gasteiger partial charge in [0.2, 0.25) is 11.6 Å². The highest BCUT2D eigenvalue weighted by Crippen LogP contribution is 2.04. The Balaban J connectivity index is 1.34. The molecule has 9 nitrogen and oxygen atoms in total. The summed E-state index contributed by atoms with van der Waals surface area (Å²) in [5.74, 6) is 0.0155. The van der Waals surface area contributed by atoms with E-state index in [4.69, 9.17) is 20.0 Å². The molecule has 0 atom stereocenters. The number of nitrogen functional groups attached to an aromatic ring is 1. The summed E-state index contributed by atoms with van der Waals surface area (Å²) >= 11 is 0. The molecule has 1 aromatic carbocycles. The lowest BCUT2D eigenvalue weighted by molar-refractivity contribution is -0.0657. The third kappa shape index (κ3) is 4.55. The molecule has 3 rings (SSSR count). The van der Waals surface area contributed by atoms with Crippen LogP contribution in [0.1, 0.15) is 12.0 Å². The number of aromatic amines is 1. The molecule has 0 radical (unpaired) electrons. The van der Waals surface area contributed by atoms with Gasteiger partial charge in [-0.15, -0.1) is 0 Å². The number of imidazole rings is 1. The zero-order valence-corrected chi connectivity index (χ0v) is 13.6. The molecule has 132 valence electrons. The van der Waals surface area contributed by atoms with Gasteiger partial charge in [-0.3, -0.25) is 9.78 Å². The van der Waals surface area contributed by atoms with Crippen LogP contribution in [0.5, 0.6) is 0 Å². The number of fused-ring (bicyclic) bond motifs is 1. The van der Waals surface area contributed by atoms with Crippen molar-refractivity contribution in [1.29, 1.82) is 0 Å². The number of H-pyrrole nitrogens is 1. The lowest BCUT2D eigenvalue weighted by Crippen LogP contribution is -2.17. The Morgan fingerprint density at radius 2 is 2.00 bits per heavy atom. The van der Waals surface area contributed by atoms with E-state index in [1.165, 1.54) is 11.1 Å². The van der Waals surface area contributed by atoms with Crippen LogP contribution in [0, 0.1) is 0 Å². The first-order valence-corrected chi connectivity index (χ1v) is 7.79. The van der Waals surface area contributed by atoms with E-state index in [0.717, 1.165) is 5.56 Å². The van der Waals surface area contributed by atoms with Crippen LogP contribution < -0.4 is 16.1 Å². The molecule has 3 N–H and O–H groups in total. The van der Waals surface area contributed by atoms with Gasteiger partial charge in [0.15, 0.2) is 5.52 Å².